The maximum atomic E-state index is 14.3. The Morgan fingerprint density at radius 1 is 0.619 bits per heavy atom. The summed E-state index contributed by atoms with van der Waals surface area (Å²) in [5, 5.41) is 3.92. The highest BCUT2D eigenvalue weighted by atomic mass is 32.2. The maximum absolute atomic E-state index is 14.3. The highest BCUT2D eigenvalue weighted by Crippen LogP contribution is 2.43. The molecule has 0 spiro atoms. The van der Waals surface area contributed by atoms with Gasteiger partial charge in [0.25, 0.3) is 0 Å². The van der Waals surface area contributed by atoms with E-state index in [9.17, 15) is 16.8 Å². The molecule has 0 radical (unpaired) electrons. The average Bonchev–Trinajstić information content (AvgIpc) is 3.69. The van der Waals surface area contributed by atoms with Gasteiger partial charge in [-0.25, -0.2) is 16.8 Å². The molecule has 1 aliphatic carbocycles. The number of sulfonamides is 2. The average molecular weight is 639 g/mol. The fourth-order valence-corrected chi connectivity index (χ4v) is 9.83. The predicted octanol–water partition coefficient (Wildman–Crippen LogP) is 6.46. The third-order valence-electron chi connectivity index (χ3n) is 7.62. The van der Waals surface area contributed by atoms with Crippen molar-refractivity contribution in [3.63, 3.8) is 0 Å². The van der Waals surface area contributed by atoms with Gasteiger partial charge in [-0.3, -0.25) is 0 Å². The number of hydrogen-bond acceptors (Lipinski definition) is 6. The zero-order valence-electron chi connectivity index (χ0n) is 23.6. The first-order valence-electron chi connectivity index (χ1n) is 13.6. The number of benzene rings is 2. The summed E-state index contributed by atoms with van der Waals surface area (Å²) in [4.78, 5) is 2.41. The number of rotatable bonds is 12. The molecule has 0 aliphatic heterocycles. The lowest BCUT2D eigenvalue weighted by Crippen LogP contribution is -2.63. The van der Waals surface area contributed by atoms with Gasteiger partial charge in [0, 0.05) is 22.8 Å². The van der Waals surface area contributed by atoms with Gasteiger partial charge in [-0.2, -0.15) is 8.61 Å². The van der Waals surface area contributed by atoms with Gasteiger partial charge in [-0.15, -0.1) is 22.7 Å². The first-order chi connectivity index (χ1) is 20.0. The minimum atomic E-state index is -4.01. The van der Waals surface area contributed by atoms with Crippen LogP contribution in [0.5, 0.6) is 0 Å². The van der Waals surface area contributed by atoms with Crippen molar-refractivity contribution in [1.29, 1.82) is 0 Å². The molecular formula is C32H34N2O4S4. The summed E-state index contributed by atoms with van der Waals surface area (Å²) in [6.07, 6.45) is 0.983. The molecule has 220 valence electrons. The Morgan fingerprint density at radius 3 is 1.29 bits per heavy atom. The summed E-state index contributed by atoms with van der Waals surface area (Å²) < 4.78 is 59.9. The first kappa shape index (κ1) is 30.6. The Hall–Kier alpha value is -2.86. The molecule has 2 atom stereocenters. The summed E-state index contributed by atoms with van der Waals surface area (Å²) in [7, 11) is -8.02. The summed E-state index contributed by atoms with van der Waals surface area (Å²) in [5.74, 6) is 0. The molecule has 0 N–H and O–H groups in total. The normalized spacial score (nSPS) is 17.6. The summed E-state index contributed by atoms with van der Waals surface area (Å²) >= 11 is 3.12. The van der Waals surface area contributed by atoms with Gasteiger partial charge >= 0.3 is 0 Å². The van der Waals surface area contributed by atoms with Gasteiger partial charge in [0.2, 0.25) is 20.0 Å². The van der Waals surface area contributed by atoms with Crippen LogP contribution in [0.3, 0.4) is 0 Å². The molecule has 1 aliphatic rings. The number of hydrogen-bond donors (Lipinski definition) is 0. The minimum absolute atomic E-state index is 0.162. The monoisotopic (exact) mass is 638 g/mol. The van der Waals surface area contributed by atoms with E-state index < -0.39 is 32.1 Å². The van der Waals surface area contributed by atoms with Crippen molar-refractivity contribution in [3.05, 3.63) is 129 Å². The van der Waals surface area contributed by atoms with Crippen LogP contribution in [0, 0.1) is 13.8 Å². The van der Waals surface area contributed by atoms with Crippen LogP contribution in [0.15, 0.2) is 118 Å². The third kappa shape index (κ3) is 6.10. The second kappa shape index (κ2) is 12.4. The van der Waals surface area contributed by atoms with E-state index in [1.165, 1.54) is 8.61 Å². The third-order valence-corrected chi connectivity index (χ3v) is 13.3. The smallest absolute Gasteiger partial charge is 0.207 e. The Kier molecular flexibility index (Phi) is 9.03. The van der Waals surface area contributed by atoms with Gasteiger partial charge in [0.1, 0.15) is 0 Å². The molecule has 10 heteroatoms. The minimum Gasteiger partial charge on any atom is -0.207 e. The van der Waals surface area contributed by atoms with E-state index in [1.807, 2.05) is 48.9 Å². The summed E-state index contributed by atoms with van der Waals surface area (Å²) in [5.41, 5.74) is 2.95. The number of aryl methyl sites for hydroxylation is 2. The Bertz CT molecular complexity index is 1630. The van der Waals surface area contributed by atoms with E-state index in [2.05, 4.69) is 13.2 Å². The molecule has 0 saturated heterocycles. The van der Waals surface area contributed by atoms with Crippen LogP contribution in [0.4, 0.5) is 0 Å². The zero-order chi connectivity index (χ0) is 30.1. The number of nitrogens with zero attached hydrogens (tertiary/aromatic N) is 2. The molecule has 2 aromatic carbocycles. The molecular weight excluding hydrogens is 605 g/mol. The van der Waals surface area contributed by atoms with Crippen molar-refractivity contribution < 1.29 is 16.8 Å². The van der Waals surface area contributed by atoms with Gasteiger partial charge in [-0.1, -0.05) is 60.7 Å². The quantitative estimate of drug-likeness (QED) is 0.179. The van der Waals surface area contributed by atoms with Crippen LogP contribution in [-0.2, 0) is 32.9 Å². The van der Waals surface area contributed by atoms with Crippen molar-refractivity contribution in [3.8, 4) is 0 Å². The second-order valence-electron chi connectivity index (χ2n) is 10.5. The lowest BCUT2D eigenvalue weighted by molar-refractivity contribution is 0.205. The van der Waals surface area contributed by atoms with Crippen LogP contribution in [0.2, 0.25) is 0 Å². The largest absolute Gasteiger partial charge is 0.243 e. The van der Waals surface area contributed by atoms with E-state index >= 15 is 0 Å². The highest BCUT2D eigenvalue weighted by molar-refractivity contribution is 7.89. The van der Waals surface area contributed by atoms with Crippen molar-refractivity contribution in [2.24, 2.45) is 0 Å². The second-order valence-corrected chi connectivity index (χ2v) is 16.3. The van der Waals surface area contributed by atoms with Gasteiger partial charge in [0.05, 0.1) is 21.9 Å². The van der Waals surface area contributed by atoms with Crippen LogP contribution < -0.4 is 0 Å². The van der Waals surface area contributed by atoms with Crippen LogP contribution in [0.1, 0.15) is 20.9 Å². The van der Waals surface area contributed by atoms with Crippen molar-refractivity contribution >= 4 is 42.7 Å². The van der Waals surface area contributed by atoms with E-state index in [-0.39, 0.29) is 22.9 Å². The molecule has 0 bridgehead atoms. The van der Waals surface area contributed by atoms with Crippen molar-refractivity contribution in [2.75, 3.05) is 13.1 Å². The van der Waals surface area contributed by atoms with Gasteiger partial charge in [0.15, 0.2) is 0 Å². The number of thiophene rings is 2. The molecule has 0 unspecified atom stereocenters. The lowest BCUT2D eigenvalue weighted by atomic mass is 9.76. The molecule has 2 heterocycles. The lowest BCUT2D eigenvalue weighted by Gasteiger charge is -2.50. The summed E-state index contributed by atoms with van der Waals surface area (Å²) in [6, 6.07) is 19.7. The topological polar surface area (TPSA) is 74.8 Å². The standard InChI is InChI=1S/C32H34N2O4S4/c1-23-9-13-29(14-10-23)41(35,36)33(19-17-27-7-5-21-39-27)31-25(3)26(4)32(31)34(20-18-28-8-6-22-40-28)42(37,38)30-15-11-24(2)12-16-30/h5-16,21-22,31-32H,3-4,17-20H2,1-2H3/t31-,32-/m1/s1. The SMILES string of the molecule is C=C1C(=C)[C@@H](N(CCc2cccs2)S(=O)(=O)c2ccc(C)cc2)[C@@H]1N(CCc1cccs1)S(=O)(=O)c1ccc(C)cc1. The Balaban J connectivity index is 1.58. The van der Waals surface area contributed by atoms with Crippen LogP contribution in [0.25, 0.3) is 0 Å². The van der Waals surface area contributed by atoms with Crippen molar-refractivity contribution in [2.45, 2.75) is 48.6 Å². The first-order valence-corrected chi connectivity index (χ1v) is 18.2. The Morgan fingerprint density at radius 2 is 0.976 bits per heavy atom. The summed E-state index contributed by atoms with van der Waals surface area (Å²) in [6.45, 7) is 12.5. The molecule has 1 saturated carbocycles. The molecule has 4 aromatic rings. The molecule has 2 aromatic heterocycles. The zero-order valence-corrected chi connectivity index (χ0v) is 26.9. The van der Waals surface area contributed by atoms with Crippen molar-refractivity contribution in [1.82, 2.24) is 8.61 Å². The van der Waals surface area contributed by atoms with Crippen LogP contribution in [-0.4, -0.2) is 50.6 Å². The van der Waals surface area contributed by atoms with E-state index in [0.29, 0.717) is 24.0 Å². The maximum Gasteiger partial charge on any atom is 0.243 e. The Labute approximate surface area is 257 Å². The highest BCUT2D eigenvalue weighted by Gasteiger charge is 2.52. The molecule has 1 fully saturated rings. The molecule has 42 heavy (non-hydrogen) atoms. The van der Waals surface area contributed by atoms with Gasteiger partial charge < -0.3 is 0 Å². The molecule has 5 rings (SSSR count). The fourth-order valence-electron chi connectivity index (χ4n) is 5.19. The van der Waals surface area contributed by atoms with Gasteiger partial charge in [-0.05, 0) is 85.0 Å². The molecule has 0 amide bonds. The van der Waals surface area contributed by atoms with E-state index in [4.69, 9.17) is 0 Å². The van der Waals surface area contributed by atoms with E-state index in [1.54, 1.807) is 71.2 Å². The van der Waals surface area contributed by atoms with Crippen LogP contribution >= 0.6 is 22.7 Å². The molecule has 6 nitrogen and oxygen atoms in total. The van der Waals surface area contributed by atoms with E-state index in [0.717, 1.165) is 20.9 Å². The predicted molar refractivity (Wildman–Crippen MR) is 172 cm³/mol. The fraction of sp³-hybridized carbons (Fsp3) is 0.250.